The molecular weight excluding hydrogens is 272 g/mol. The number of rotatable bonds is 0. The van der Waals surface area contributed by atoms with E-state index in [2.05, 4.69) is 40.6 Å². The standard InChI is InChI=1S/C19H20N2O/c22-18-7-3-5-13-10-21-11-14-8-12-4-1-2-6-15(12)19(20-14)17(21)9-16(13)18/h1-7,14,16-17,19-20H,8-11H2. The summed E-state index contributed by atoms with van der Waals surface area (Å²) < 4.78 is 0. The van der Waals surface area contributed by atoms with E-state index in [1.807, 2.05) is 6.08 Å². The molecule has 1 aromatic rings. The van der Waals surface area contributed by atoms with Crippen molar-refractivity contribution in [2.45, 2.75) is 31.0 Å². The molecule has 0 amide bonds. The normalized spacial score (nSPS) is 36.2. The van der Waals surface area contributed by atoms with Crippen LogP contribution < -0.4 is 5.32 Å². The Labute approximate surface area is 130 Å². The van der Waals surface area contributed by atoms with Gasteiger partial charge in [0.25, 0.3) is 0 Å². The van der Waals surface area contributed by atoms with Crippen molar-refractivity contribution in [3.05, 3.63) is 59.2 Å². The molecular formula is C19H20N2O. The number of ketones is 1. The smallest absolute Gasteiger partial charge is 0.162 e. The van der Waals surface area contributed by atoms with E-state index in [-0.39, 0.29) is 5.92 Å². The fourth-order valence-corrected chi connectivity index (χ4v) is 4.81. The van der Waals surface area contributed by atoms with Crippen molar-refractivity contribution < 1.29 is 4.79 Å². The van der Waals surface area contributed by atoms with Crippen molar-refractivity contribution >= 4 is 5.78 Å². The highest BCUT2D eigenvalue weighted by Gasteiger charge is 2.45. The van der Waals surface area contributed by atoms with Gasteiger partial charge in [-0.1, -0.05) is 36.4 Å². The molecule has 4 atom stereocenters. The number of hydrogen-bond donors (Lipinski definition) is 1. The lowest BCUT2D eigenvalue weighted by Gasteiger charge is -2.53. The number of carbonyl (C=O) groups is 1. The summed E-state index contributed by atoms with van der Waals surface area (Å²) in [5.41, 5.74) is 4.25. The zero-order valence-corrected chi connectivity index (χ0v) is 12.5. The third-order valence-corrected chi connectivity index (χ3v) is 5.81. The van der Waals surface area contributed by atoms with Gasteiger partial charge in [-0.2, -0.15) is 0 Å². The van der Waals surface area contributed by atoms with Crippen molar-refractivity contribution in [1.82, 2.24) is 10.2 Å². The predicted octanol–water partition coefficient (Wildman–Crippen LogP) is 2.01. The summed E-state index contributed by atoms with van der Waals surface area (Å²) in [4.78, 5) is 14.9. The Morgan fingerprint density at radius 2 is 2.14 bits per heavy atom. The minimum absolute atomic E-state index is 0.110. The quantitative estimate of drug-likeness (QED) is 0.794. The summed E-state index contributed by atoms with van der Waals surface area (Å²) in [6.45, 7) is 2.06. The Morgan fingerprint density at radius 1 is 1.23 bits per heavy atom. The first-order valence-corrected chi connectivity index (χ1v) is 8.28. The molecule has 4 unspecified atom stereocenters. The van der Waals surface area contributed by atoms with Crippen LogP contribution in [-0.2, 0) is 11.2 Å². The van der Waals surface area contributed by atoms with Crippen LogP contribution in [-0.4, -0.2) is 35.9 Å². The van der Waals surface area contributed by atoms with Gasteiger partial charge >= 0.3 is 0 Å². The van der Waals surface area contributed by atoms with Crippen LogP contribution in [0.5, 0.6) is 0 Å². The van der Waals surface area contributed by atoms with Crippen molar-refractivity contribution in [2.24, 2.45) is 5.92 Å². The lowest BCUT2D eigenvalue weighted by Crippen LogP contribution is -2.63. The lowest BCUT2D eigenvalue weighted by atomic mass is 9.74. The van der Waals surface area contributed by atoms with E-state index < -0.39 is 0 Å². The minimum atomic E-state index is 0.110. The van der Waals surface area contributed by atoms with Gasteiger partial charge in [-0.05, 0) is 35.6 Å². The molecule has 0 radical (unpaired) electrons. The summed E-state index contributed by atoms with van der Waals surface area (Å²) >= 11 is 0. The van der Waals surface area contributed by atoms with Crippen LogP contribution in [0.4, 0.5) is 0 Å². The average molecular weight is 292 g/mol. The molecule has 0 saturated carbocycles. The molecule has 3 nitrogen and oxygen atoms in total. The highest BCUT2D eigenvalue weighted by molar-refractivity contribution is 5.95. The second-order valence-corrected chi connectivity index (χ2v) is 7.03. The molecule has 5 rings (SSSR count). The van der Waals surface area contributed by atoms with Gasteiger partial charge in [-0.3, -0.25) is 9.69 Å². The number of benzene rings is 1. The molecule has 3 aliphatic heterocycles. The van der Waals surface area contributed by atoms with Gasteiger partial charge in [0.2, 0.25) is 0 Å². The molecule has 3 heterocycles. The third kappa shape index (κ3) is 1.79. The first-order chi connectivity index (χ1) is 10.8. The number of fused-ring (bicyclic) bond motifs is 7. The summed E-state index contributed by atoms with van der Waals surface area (Å²) in [6.07, 6.45) is 7.91. The zero-order chi connectivity index (χ0) is 14.7. The Kier molecular flexibility index (Phi) is 2.70. The van der Waals surface area contributed by atoms with Gasteiger partial charge in [0.15, 0.2) is 5.78 Å². The van der Waals surface area contributed by atoms with Gasteiger partial charge < -0.3 is 5.32 Å². The zero-order valence-electron chi connectivity index (χ0n) is 12.5. The fourth-order valence-electron chi connectivity index (χ4n) is 4.81. The Balaban J connectivity index is 1.54. The largest absolute Gasteiger partial charge is 0.304 e. The van der Waals surface area contributed by atoms with Crippen LogP contribution in [0.25, 0.3) is 0 Å². The number of allylic oxidation sites excluding steroid dienone is 3. The number of piperazine rings is 1. The molecule has 3 heteroatoms. The predicted molar refractivity (Wildman–Crippen MR) is 85.5 cm³/mol. The van der Waals surface area contributed by atoms with E-state index in [0.29, 0.717) is 23.9 Å². The number of nitrogens with zero attached hydrogens (tertiary/aromatic N) is 1. The third-order valence-electron chi connectivity index (χ3n) is 5.81. The number of carbonyl (C=O) groups excluding carboxylic acids is 1. The van der Waals surface area contributed by atoms with E-state index in [4.69, 9.17) is 0 Å². The lowest BCUT2D eigenvalue weighted by molar-refractivity contribution is -0.119. The molecule has 1 aromatic carbocycles. The van der Waals surface area contributed by atoms with E-state index in [1.165, 1.54) is 16.7 Å². The fraction of sp³-hybridized carbons (Fsp3) is 0.421. The second kappa shape index (κ2) is 4.64. The number of hydrogen-bond acceptors (Lipinski definition) is 3. The molecule has 1 aliphatic carbocycles. The molecule has 22 heavy (non-hydrogen) atoms. The van der Waals surface area contributed by atoms with Gasteiger partial charge in [0, 0.05) is 37.1 Å². The Morgan fingerprint density at radius 3 is 3.09 bits per heavy atom. The van der Waals surface area contributed by atoms with Crippen LogP contribution in [0.3, 0.4) is 0 Å². The molecule has 1 N–H and O–H groups in total. The monoisotopic (exact) mass is 292 g/mol. The maximum Gasteiger partial charge on any atom is 0.162 e. The maximum atomic E-state index is 12.3. The van der Waals surface area contributed by atoms with E-state index in [0.717, 1.165) is 25.9 Å². The van der Waals surface area contributed by atoms with Crippen LogP contribution in [0.15, 0.2) is 48.1 Å². The van der Waals surface area contributed by atoms with Crippen molar-refractivity contribution in [1.29, 1.82) is 0 Å². The second-order valence-electron chi connectivity index (χ2n) is 7.03. The highest BCUT2D eigenvalue weighted by atomic mass is 16.1. The first kappa shape index (κ1) is 12.8. The number of piperidine rings is 1. The number of nitrogens with one attached hydrogen (secondary N) is 1. The van der Waals surface area contributed by atoms with Gasteiger partial charge in [-0.25, -0.2) is 0 Å². The molecule has 2 saturated heterocycles. The molecule has 4 aliphatic rings. The first-order valence-electron chi connectivity index (χ1n) is 8.28. The van der Waals surface area contributed by atoms with Crippen molar-refractivity contribution in [3.8, 4) is 0 Å². The van der Waals surface area contributed by atoms with Gasteiger partial charge in [-0.15, -0.1) is 0 Å². The van der Waals surface area contributed by atoms with Crippen LogP contribution in [0, 0.1) is 5.92 Å². The van der Waals surface area contributed by atoms with Crippen molar-refractivity contribution in [3.63, 3.8) is 0 Å². The van der Waals surface area contributed by atoms with Crippen molar-refractivity contribution in [2.75, 3.05) is 13.1 Å². The summed E-state index contributed by atoms with van der Waals surface area (Å²) in [6, 6.07) is 10.2. The molecule has 2 bridgehead atoms. The Hall–Kier alpha value is -1.71. The summed E-state index contributed by atoms with van der Waals surface area (Å²) in [5, 5.41) is 3.83. The Bertz CT molecular complexity index is 705. The van der Waals surface area contributed by atoms with Gasteiger partial charge in [0.05, 0.1) is 0 Å². The highest BCUT2D eigenvalue weighted by Crippen LogP contribution is 2.41. The topological polar surface area (TPSA) is 32.3 Å². The van der Waals surface area contributed by atoms with Crippen LogP contribution in [0.2, 0.25) is 0 Å². The van der Waals surface area contributed by atoms with E-state index >= 15 is 0 Å². The summed E-state index contributed by atoms with van der Waals surface area (Å²) in [5.74, 6) is 0.405. The SMILES string of the molecule is O=C1C=CC=C2CN3CC4Cc5ccccc5C(N4)C3CC12. The molecule has 0 aromatic heterocycles. The molecule has 112 valence electrons. The van der Waals surface area contributed by atoms with Crippen LogP contribution in [0.1, 0.15) is 23.6 Å². The van der Waals surface area contributed by atoms with E-state index in [1.54, 1.807) is 6.08 Å². The minimum Gasteiger partial charge on any atom is -0.304 e. The molecule has 0 spiro atoms. The molecule has 2 fully saturated rings. The summed E-state index contributed by atoms with van der Waals surface area (Å²) in [7, 11) is 0. The van der Waals surface area contributed by atoms with Crippen LogP contribution >= 0.6 is 0 Å². The maximum absolute atomic E-state index is 12.3. The average Bonchev–Trinajstić information content (AvgIpc) is 2.54. The van der Waals surface area contributed by atoms with Gasteiger partial charge in [0.1, 0.15) is 0 Å². The van der Waals surface area contributed by atoms with E-state index in [9.17, 15) is 4.79 Å².